The number of ether oxygens (including phenoxy) is 3. The van der Waals surface area contributed by atoms with Crippen LogP contribution in [0.5, 0.6) is 0 Å². The highest BCUT2D eigenvalue weighted by atomic mass is 16.7. The highest BCUT2D eigenvalue weighted by molar-refractivity contribution is 5.71. The summed E-state index contributed by atoms with van der Waals surface area (Å²) in [6, 6.07) is 0. The van der Waals surface area contributed by atoms with Crippen LogP contribution in [0.4, 0.5) is 0 Å². The molecule has 22 heavy (non-hydrogen) atoms. The molecule has 0 aromatic heterocycles. The van der Waals surface area contributed by atoms with E-state index in [0.29, 0.717) is 26.2 Å². The van der Waals surface area contributed by atoms with Crippen molar-refractivity contribution in [3.63, 3.8) is 0 Å². The van der Waals surface area contributed by atoms with Gasteiger partial charge in [-0.25, -0.2) is 0 Å². The molecule has 1 N–H and O–H groups in total. The van der Waals surface area contributed by atoms with E-state index in [1.165, 1.54) is 0 Å². The van der Waals surface area contributed by atoms with Crippen molar-refractivity contribution < 1.29 is 28.9 Å². The van der Waals surface area contributed by atoms with Crippen LogP contribution in [0.1, 0.15) is 65.2 Å². The normalized spacial score (nSPS) is 10.9. The van der Waals surface area contributed by atoms with Gasteiger partial charge < -0.3 is 19.3 Å². The number of carboxylic acids is 1. The highest BCUT2D eigenvalue weighted by Crippen LogP contribution is 2.09. The van der Waals surface area contributed by atoms with E-state index >= 15 is 0 Å². The van der Waals surface area contributed by atoms with Crippen LogP contribution in [0.15, 0.2) is 0 Å². The fourth-order valence-corrected chi connectivity index (χ4v) is 1.77. The molecule has 0 aromatic rings. The number of unbranched alkanes of at least 4 members (excludes halogenated alkanes) is 1. The number of carboxylic acid groups (broad SMARTS) is 1. The first-order valence-corrected chi connectivity index (χ1v) is 8.20. The SMILES string of the molecule is CCCOC(CCCCOC(=O)CCCC(=O)O)OCCC. The minimum atomic E-state index is -0.891. The fourth-order valence-electron chi connectivity index (χ4n) is 1.77. The van der Waals surface area contributed by atoms with Crippen molar-refractivity contribution in [1.82, 2.24) is 0 Å². The van der Waals surface area contributed by atoms with E-state index in [1.54, 1.807) is 0 Å². The molecule has 0 fully saturated rings. The van der Waals surface area contributed by atoms with Gasteiger partial charge in [-0.05, 0) is 38.5 Å². The third kappa shape index (κ3) is 13.8. The number of carbonyl (C=O) groups excluding carboxylic acids is 1. The Labute approximate surface area is 133 Å². The van der Waals surface area contributed by atoms with Crippen molar-refractivity contribution in [2.75, 3.05) is 19.8 Å². The van der Waals surface area contributed by atoms with Crippen LogP contribution >= 0.6 is 0 Å². The van der Waals surface area contributed by atoms with Crippen LogP contribution in [0.25, 0.3) is 0 Å². The Kier molecular flexibility index (Phi) is 14.0. The van der Waals surface area contributed by atoms with Crippen LogP contribution in [0, 0.1) is 0 Å². The summed E-state index contributed by atoms with van der Waals surface area (Å²) in [6.07, 6.45) is 4.63. The van der Waals surface area contributed by atoms with E-state index in [-0.39, 0.29) is 25.1 Å². The third-order valence-electron chi connectivity index (χ3n) is 2.88. The molecular weight excluding hydrogens is 288 g/mol. The van der Waals surface area contributed by atoms with Gasteiger partial charge in [-0.2, -0.15) is 0 Å². The van der Waals surface area contributed by atoms with E-state index < -0.39 is 5.97 Å². The van der Waals surface area contributed by atoms with Gasteiger partial charge in [0.05, 0.1) is 6.61 Å². The molecule has 0 unspecified atom stereocenters. The topological polar surface area (TPSA) is 82.1 Å². The summed E-state index contributed by atoms with van der Waals surface area (Å²) in [7, 11) is 0. The number of rotatable bonds is 15. The number of hydrogen-bond acceptors (Lipinski definition) is 5. The Hall–Kier alpha value is -1.14. The molecule has 0 saturated carbocycles. The lowest BCUT2D eigenvalue weighted by atomic mass is 10.2. The summed E-state index contributed by atoms with van der Waals surface area (Å²) in [5.41, 5.74) is 0. The van der Waals surface area contributed by atoms with E-state index in [4.69, 9.17) is 19.3 Å². The van der Waals surface area contributed by atoms with Crippen molar-refractivity contribution in [3.8, 4) is 0 Å². The summed E-state index contributed by atoms with van der Waals surface area (Å²) in [4.78, 5) is 21.7. The Balaban J connectivity index is 3.61. The van der Waals surface area contributed by atoms with Crippen molar-refractivity contribution in [1.29, 1.82) is 0 Å². The third-order valence-corrected chi connectivity index (χ3v) is 2.88. The molecule has 0 spiro atoms. The van der Waals surface area contributed by atoms with Gasteiger partial charge in [0, 0.05) is 26.1 Å². The van der Waals surface area contributed by atoms with Crippen LogP contribution in [0.2, 0.25) is 0 Å². The van der Waals surface area contributed by atoms with Gasteiger partial charge in [-0.1, -0.05) is 13.8 Å². The lowest BCUT2D eigenvalue weighted by Crippen LogP contribution is -2.18. The van der Waals surface area contributed by atoms with Crippen LogP contribution < -0.4 is 0 Å². The first-order valence-electron chi connectivity index (χ1n) is 8.20. The van der Waals surface area contributed by atoms with Gasteiger partial charge in [0.2, 0.25) is 0 Å². The van der Waals surface area contributed by atoms with Crippen LogP contribution in [0.3, 0.4) is 0 Å². The zero-order valence-electron chi connectivity index (χ0n) is 13.8. The lowest BCUT2D eigenvalue weighted by molar-refractivity contribution is -0.148. The van der Waals surface area contributed by atoms with E-state index in [1.807, 2.05) is 0 Å². The van der Waals surface area contributed by atoms with Gasteiger partial charge in [-0.3, -0.25) is 9.59 Å². The molecule has 0 aromatic carbocycles. The minimum absolute atomic E-state index is 0.000312. The smallest absolute Gasteiger partial charge is 0.305 e. The van der Waals surface area contributed by atoms with E-state index in [9.17, 15) is 9.59 Å². The standard InChI is InChI=1S/C16H30O6/c1-3-11-21-16(22-12-4-2)10-5-6-13-20-15(19)9-7-8-14(17)18/h16H,3-13H2,1-2H3,(H,17,18). The predicted octanol–water partition coefficient (Wildman–Crippen LogP) is 3.13. The largest absolute Gasteiger partial charge is 0.481 e. The van der Waals surface area contributed by atoms with Gasteiger partial charge in [0.15, 0.2) is 6.29 Å². The second-order valence-electron chi connectivity index (χ2n) is 5.13. The van der Waals surface area contributed by atoms with Crippen molar-refractivity contribution >= 4 is 11.9 Å². The van der Waals surface area contributed by atoms with Crippen molar-refractivity contribution in [2.24, 2.45) is 0 Å². The molecule has 0 radical (unpaired) electrons. The second-order valence-corrected chi connectivity index (χ2v) is 5.13. The molecule has 0 bridgehead atoms. The maximum atomic E-state index is 11.3. The average Bonchev–Trinajstić information content (AvgIpc) is 2.48. The monoisotopic (exact) mass is 318 g/mol. The first-order chi connectivity index (χ1) is 10.6. The lowest BCUT2D eigenvalue weighted by Gasteiger charge is -2.18. The predicted molar refractivity (Wildman–Crippen MR) is 82.6 cm³/mol. The fraction of sp³-hybridized carbons (Fsp3) is 0.875. The highest BCUT2D eigenvalue weighted by Gasteiger charge is 2.09. The Bertz CT molecular complexity index is 284. The van der Waals surface area contributed by atoms with E-state index in [0.717, 1.165) is 32.1 Å². The van der Waals surface area contributed by atoms with Gasteiger partial charge >= 0.3 is 11.9 Å². The Morgan fingerprint density at radius 3 is 2.09 bits per heavy atom. The molecule has 130 valence electrons. The molecule has 0 heterocycles. The molecule has 6 nitrogen and oxygen atoms in total. The Morgan fingerprint density at radius 2 is 1.55 bits per heavy atom. The van der Waals surface area contributed by atoms with Crippen LogP contribution in [-0.2, 0) is 23.8 Å². The summed E-state index contributed by atoms with van der Waals surface area (Å²) < 4.78 is 16.3. The maximum absolute atomic E-state index is 11.3. The van der Waals surface area contributed by atoms with Gasteiger partial charge in [-0.15, -0.1) is 0 Å². The molecule has 0 aliphatic rings. The quantitative estimate of drug-likeness (QED) is 0.284. The van der Waals surface area contributed by atoms with Crippen molar-refractivity contribution in [2.45, 2.75) is 71.5 Å². The van der Waals surface area contributed by atoms with Crippen molar-refractivity contribution in [3.05, 3.63) is 0 Å². The minimum Gasteiger partial charge on any atom is -0.481 e. The zero-order valence-corrected chi connectivity index (χ0v) is 13.8. The average molecular weight is 318 g/mol. The van der Waals surface area contributed by atoms with Gasteiger partial charge in [0.25, 0.3) is 0 Å². The molecule has 0 aliphatic heterocycles. The molecule has 6 heteroatoms. The summed E-state index contributed by atoms with van der Waals surface area (Å²) in [5, 5.41) is 8.47. The Morgan fingerprint density at radius 1 is 0.909 bits per heavy atom. The molecule has 0 atom stereocenters. The summed E-state index contributed by atoms with van der Waals surface area (Å²) in [6.45, 7) is 5.85. The molecule has 0 saturated heterocycles. The first kappa shape index (κ1) is 20.9. The van der Waals surface area contributed by atoms with Crippen LogP contribution in [-0.4, -0.2) is 43.2 Å². The molecule has 0 aliphatic carbocycles. The summed E-state index contributed by atoms with van der Waals surface area (Å²) in [5.74, 6) is -1.22. The maximum Gasteiger partial charge on any atom is 0.305 e. The number of esters is 1. The number of aliphatic carboxylic acids is 1. The molecule has 0 amide bonds. The number of carbonyl (C=O) groups is 2. The summed E-state index contributed by atoms with van der Waals surface area (Å²) >= 11 is 0. The zero-order chi connectivity index (χ0) is 16.6. The van der Waals surface area contributed by atoms with Gasteiger partial charge in [0.1, 0.15) is 0 Å². The number of hydrogen-bond donors (Lipinski definition) is 1. The molecular formula is C16H30O6. The second kappa shape index (κ2) is 14.8. The molecule has 0 rings (SSSR count). The van der Waals surface area contributed by atoms with E-state index in [2.05, 4.69) is 13.8 Å².